The van der Waals surface area contributed by atoms with Crippen molar-refractivity contribution >= 4 is 34.7 Å². The zero-order chi connectivity index (χ0) is 19.2. The summed E-state index contributed by atoms with van der Waals surface area (Å²) in [7, 11) is 1.71. The van der Waals surface area contributed by atoms with Gasteiger partial charge in [-0.3, -0.25) is 0 Å². The highest BCUT2D eigenvalue weighted by molar-refractivity contribution is 7.98. The molecule has 144 valence electrons. The van der Waals surface area contributed by atoms with Crippen LogP contribution >= 0.6 is 34.7 Å². The number of nitrogens with zero attached hydrogens (tertiary/aromatic N) is 4. The predicted molar refractivity (Wildman–Crippen MR) is 113 cm³/mol. The molecule has 0 aliphatic heterocycles. The Bertz CT molecular complexity index is 878. The fourth-order valence-electron chi connectivity index (χ4n) is 2.60. The number of ether oxygens (including phenoxy) is 1. The van der Waals surface area contributed by atoms with Crippen LogP contribution in [0.1, 0.15) is 36.9 Å². The van der Waals surface area contributed by atoms with Gasteiger partial charge in [-0.05, 0) is 18.6 Å². The van der Waals surface area contributed by atoms with Crippen LogP contribution in [-0.2, 0) is 17.0 Å². The molecule has 0 spiro atoms. The summed E-state index contributed by atoms with van der Waals surface area (Å²) in [4.78, 5) is 4.71. The molecule has 0 unspecified atom stereocenters. The molecule has 0 saturated carbocycles. The number of hydrogen-bond acceptors (Lipinski definition) is 6. The number of thiazole rings is 1. The molecule has 8 heteroatoms. The van der Waals surface area contributed by atoms with Gasteiger partial charge in [-0.2, -0.15) is 0 Å². The molecule has 0 radical (unpaired) electrons. The molecular weight excluding hydrogens is 400 g/mol. The van der Waals surface area contributed by atoms with Crippen LogP contribution in [-0.4, -0.2) is 33.5 Å². The van der Waals surface area contributed by atoms with Crippen molar-refractivity contribution in [2.45, 2.75) is 43.6 Å². The van der Waals surface area contributed by atoms with Crippen LogP contribution in [0.4, 0.5) is 0 Å². The largest absolute Gasteiger partial charge is 0.385 e. The third-order valence-electron chi connectivity index (χ3n) is 3.97. The molecule has 0 bridgehead atoms. The van der Waals surface area contributed by atoms with Gasteiger partial charge < -0.3 is 9.30 Å². The third kappa shape index (κ3) is 5.10. The molecule has 27 heavy (non-hydrogen) atoms. The molecule has 2 aromatic heterocycles. The van der Waals surface area contributed by atoms with Crippen molar-refractivity contribution in [2.24, 2.45) is 0 Å². The molecule has 3 rings (SSSR count). The fraction of sp³-hybridized carbons (Fsp3) is 0.421. The molecule has 1 aromatic carbocycles. The monoisotopic (exact) mass is 422 g/mol. The smallest absolute Gasteiger partial charge is 0.191 e. The number of aromatic nitrogens is 4. The normalized spacial score (nSPS) is 11.4. The number of hydrogen-bond donors (Lipinski definition) is 0. The van der Waals surface area contributed by atoms with Crippen molar-refractivity contribution in [1.29, 1.82) is 0 Å². The summed E-state index contributed by atoms with van der Waals surface area (Å²) in [6, 6.07) is 7.73. The van der Waals surface area contributed by atoms with E-state index in [4.69, 9.17) is 21.3 Å². The lowest BCUT2D eigenvalue weighted by atomic mass is 10.2. The molecule has 0 N–H and O–H groups in total. The number of halogens is 1. The minimum absolute atomic E-state index is 0.457. The Morgan fingerprint density at radius 3 is 2.78 bits per heavy atom. The van der Waals surface area contributed by atoms with Crippen LogP contribution in [0.5, 0.6) is 0 Å². The van der Waals surface area contributed by atoms with E-state index >= 15 is 0 Å². The summed E-state index contributed by atoms with van der Waals surface area (Å²) in [6.07, 6.45) is 0.883. The third-order valence-corrected chi connectivity index (χ3v) is 6.50. The van der Waals surface area contributed by atoms with Crippen LogP contribution in [0, 0.1) is 0 Å². The minimum atomic E-state index is 0.457. The van der Waals surface area contributed by atoms with Gasteiger partial charge in [0.05, 0.1) is 15.7 Å². The van der Waals surface area contributed by atoms with Gasteiger partial charge in [-0.25, -0.2) is 4.98 Å². The Morgan fingerprint density at radius 2 is 2.07 bits per heavy atom. The second-order valence-electron chi connectivity index (χ2n) is 6.40. The molecule has 0 amide bonds. The lowest BCUT2D eigenvalue weighted by molar-refractivity contribution is 0.189. The Labute approximate surface area is 173 Å². The summed E-state index contributed by atoms with van der Waals surface area (Å²) in [5.74, 6) is 2.02. The van der Waals surface area contributed by atoms with Crippen molar-refractivity contribution in [3.8, 4) is 11.4 Å². The molecule has 0 aliphatic rings. The van der Waals surface area contributed by atoms with Crippen molar-refractivity contribution in [1.82, 2.24) is 19.7 Å². The van der Waals surface area contributed by atoms with Gasteiger partial charge >= 0.3 is 0 Å². The van der Waals surface area contributed by atoms with E-state index in [0.29, 0.717) is 17.5 Å². The maximum atomic E-state index is 6.39. The first-order chi connectivity index (χ1) is 13.1. The average Bonchev–Trinajstić information content (AvgIpc) is 3.28. The lowest BCUT2D eigenvalue weighted by Crippen LogP contribution is -2.05. The molecule has 2 heterocycles. The van der Waals surface area contributed by atoms with Crippen LogP contribution in [0.3, 0.4) is 0 Å². The maximum Gasteiger partial charge on any atom is 0.191 e. The van der Waals surface area contributed by atoms with Crippen molar-refractivity contribution < 1.29 is 4.74 Å². The van der Waals surface area contributed by atoms with Gasteiger partial charge in [0.2, 0.25) is 0 Å². The van der Waals surface area contributed by atoms with Crippen molar-refractivity contribution in [3.63, 3.8) is 0 Å². The Balaban J connectivity index is 1.82. The SMILES string of the molecule is COCCCn1c(SCc2csc(C(C)C)n2)nnc1-c1ccccc1Cl. The second-order valence-corrected chi connectivity index (χ2v) is 8.64. The van der Waals surface area contributed by atoms with Gasteiger partial charge in [0.1, 0.15) is 0 Å². The Hall–Kier alpha value is -1.41. The van der Waals surface area contributed by atoms with Gasteiger partial charge in [0.15, 0.2) is 11.0 Å². The van der Waals surface area contributed by atoms with E-state index in [1.54, 1.807) is 30.2 Å². The van der Waals surface area contributed by atoms with E-state index < -0.39 is 0 Å². The fourth-order valence-corrected chi connectivity index (χ4v) is 4.62. The zero-order valence-corrected chi connectivity index (χ0v) is 18.1. The number of benzene rings is 1. The standard InChI is InChI=1S/C19H23ClN4OS2/c1-13(2)18-21-14(11-26-18)12-27-19-23-22-17(24(19)9-6-10-25-3)15-7-4-5-8-16(15)20/h4-5,7-8,11,13H,6,9-10,12H2,1-3H3. The quantitative estimate of drug-likeness (QED) is 0.336. The van der Waals surface area contributed by atoms with Crippen LogP contribution in [0.2, 0.25) is 5.02 Å². The number of rotatable bonds is 9. The molecular formula is C19H23ClN4OS2. The highest BCUT2D eigenvalue weighted by Crippen LogP contribution is 2.31. The maximum absolute atomic E-state index is 6.39. The minimum Gasteiger partial charge on any atom is -0.385 e. The van der Waals surface area contributed by atoms with Gasteiger partial charge in [-0.1, -0.05) is 49.3 Å². The second kappa shape index (κ2) is 9.68. The van der Waals surface area contributed by atoms with E-state index in [1.165, 1.54) is 5.01 Å². The summed E-state index contributed by atoms with van der Waals surface area (Å²) in [5.41, 5.74) is 1.98. The molecule has 0 saturated heterocycles. The highest BCUT2D eigenvalue weighted by atomic mass is 35.5. The molecule has 0 atom stereocenters. The summed E-state index contributed by atoms with van der Waals surface area (Å²) >= 11 is 9.76. The number of thioether (sulfide) groups is 1. The molecule has 0 aliphatic carbocycles. The first-order valence-corrected chi connectivity index (χ1v) is 11.1. The van der Waals surface area contributed by atoms with E-state index in [2.05, 4.69) is 34.0 Å². The van der Waals surface area contributed by atoms with Crippen molar-refractivity contribution in [3.05, 3.63) is 45.4 Å². The van der Waals surface area contributed by atoms with Gasteiger partial charge in [0, 0.05) is 42.9 Å². The molecule has 3 aromatic rings. The van der Waals surface area contributed by atoms with E-state index in [-0.39, 0.29) is 0 Å². The van der Waals surface area contributed by atoms with E-state index in [9.17, 15) is 0 Å². The Kier molecular flexibility index (Phi) is 7.29. The topological polar surface area (TPSA) is 52.8 Å². The van der Waals surface area contributed by atoms with Crippen LogP contribution in [0.25, 0.3) is 11.4 Å². The van der Waals surface area contributed by atoms with Crippen LogP contribution < -0.4 is 0 Å². The van der Waals surface area contributed by atoms with Gasteiger partial charge in [-0.15, -0.1) is 21.5 Å². The molecule has 5 nitrogen and oxygen atoms in total. The van der Waals surface area contributed by atoms with Crippen molar-refractivity contribution in [2.75, 3.05) is 13.7 Å². The summed E-state index contributed by atoms with van der Waals surface area (Å²) in [6.45, 7) is 5.79. The number of methoxy groups -OCH3 is 1. The van der Waals surface area contributed by atoms with E-state index in [0.717, 1.165) is 41.0 Å². The lowest BCUT2D eigenvalue weighted by Gasteiger charge is -2.10. The van der Waals surface area contributed by atoms with Crippen LogP contribution in [0.15, 0.2) is 34.8 Å². The average molecular weight is 423 g/mol. The first-order valence-electron chi connectivity index (χ1n) is 8.84. The predicted octanol–water partition coefficient (Wildman–Crippen LogP) is 5.51. The zero-order valence-electron chi connectivity index (χ0n) is 15.7. The summed E-state index contributed by atoms with van der Waals surface area (Å²) < 4.78 is 7.33. The Morgan fingerprint density at radius 1 is 1.26 bits per heavy atom. The first kappa shape index (κ1) is 20.3. The van der Waals surface area contributed by atoms with E-state index in [1.807, 2.05) is 24.3 Å². The van der Waals surface area contributed by atoms with Gasteiger partial charge in [0.25, 0.3) is 0 Å². The summed E-state index contributed by atoms with van der Waals surface area (Å²) in [5, 5.41) is 13.7. The molecule has 0 fully saturated rings. The highest BCUT2D eigenvalue weighted by Gasteiger charge is 2.17.